The monoisotopic (exact) mass is 418 g/mol. The van der Waals surface area contributed by atoms with Gasteiger partial charge in [-0.2, -0.15) is 5.10 Å². The van der Waals surface area contributed by atoms with E-state index in [0.717, 1.165) is 49.2 Å². The predicted octanol–water partition coefficient (Wildman–Crippen LogP) is 2.50. The summed E-state index contributed by atoms with van der Waals surface area (Å²) in [7, 11) is 1.62. The first kappa shape index (κ1) is 19.5. The minimum atomic E-state index is 0.0775. The van der Waals surface area contributed by atoms with Crippen LogP contribution in [0.25, 0.3) is 5.82 Å². The van der Waals surface area contributed by atoms with Crippen LogP contribution in [0.5, 0.6) is 5.75 Å². The van der Waals surface area contributed by atoms with Crippen molar-refractivity contribution < 1.29 is 9.53 Å². The van der Waals surface area contributed by atoms with E-state index in [1.807, 2.05) is 59.8 Å². The number of carbonyl (C=O) groups is 1. The molecule has 2 aliphatic heterocycles. The van der Waals surface area contributed by atoms with Crippen LogP contribution in [-0.4, -0.2) is 63.8 Å². The summed E-state index contributed by atoms with van der Waals surface area (Å²) in [4.78, 5) is 26.2. The molecular weight excluding hydrogens is 392 g/mol. The second kappa shape index (κ2) is 7.68. The van der Waals surface area contributed by atoms with Gasteiger partial charge in [-0.25, -0.2) is 14.6 Å². The molecule has 4 heterocycles. The number of fused-ring (bicyclic) bond motifs is 1. The summed E-state index contributed by atoms with van der Waals surface area (Å²) < 4.78 is 7.11. The maximum Gasteiger partial charge on any atom is 0.254 e. The maximum atomic E-state index is 13.0. The fourth-order valence-electron chi connectivity index (χ4n) is 4.77. The van der Waals surface area contributed by atoms with Crippen LogP contribution in [0.3, 0.4) is 0 Å². The average Bonchev–Trinajstić information content (AvgIpc) is 3.46. The number of aryl methyl sites for hydroxylation is 2. The molecule has 3 aromatic rings. The normalized spacial score (nSPS) is 20.2. The third kappa shape index (κ3) is 3.62. The largest absolute Gasteiger partial charge is 0.497 e. The molecular formula is C23H26N6O2. The van der Waals surface area contributed by atoms with E-state index in [1.165, 1.54) is 0 Å². The number of hydrogen-bond acceptors (Lipinski definition) is 6. The lowest BCUT2D eigenvalue weighted by molar-refractivity contribution is 0.0782. The number of likely N-dealkylation sites (tertiary alicyclic amines) is 1. The van der Waals surface area contributed by atoms with Crippen LogP contribution in [0.15, 0.2) is 42.7 Å². The highest BCUT2D eigenvalue weighted by molar-refractivity contribution is 5.94. The number of rotatable bonds is 4. The molecule has 2 fully saturated rings. The van der Waals surface area contributed by atoms with Crippen molar-refractivity contribution in [3.63, 3.8) is 0 Å². The second-order valence-corrected chi connectivity index (χ2v) is 8.44. The SMILES string of the molecule is COc1cccc(C(=O)N2CC3CN(c4cc(-n5nc(C)cc5C)ncn4)CC3C2)c1. The van der Waals surface area contributed by atoms with Crippen molar-refractivity contribution in [2.24, 2.45) is 11.8 Å². The molecule has 1 aromatic carbocycles. The lowest BCUT2D eigenvalue weighted by Crippen LogP contribution is -2.33. The molecule has 5 rings (SSSR count). The van der Waals surface area contributed by atoms with Gasteiger partial charge in [0.15, 0.2) is 5.82 Å². The number of ether oxygens (including phenoxy) is 1. The van der Waals surface area contributed by atoms with Crippen LogP contribution in [-0.2, 0) is 0 Å². The van der Waals surface area contributed by atoms with Crippen LogP contribution in [0.1, 0.15) is 21.7 Å². The second-order valence-electron chi connectivity index (χ2n) is 8.44. The van der Waals surface area contributed by atoms with Crippen molar-refractivity contribution in [1.29, 1.82) is 0 Å². The van der Waals surface area contributed by atoms with E-state index >= 15 is 0 Å². The Kier molecular flexibility index (Phi) is 4.84. The zero-order valence-electron chi connectivity index (χ0n) is 18.0. The molecule has 2 saturated heterocycles. The molecule has 2 atom stereocenters. The summed E-state index contributed by atoms with van der Waals surface area (Å²) >= 11 is 0. The van der Waals surface area contributed by atoms with Gasteiger partial charge in [0, 0.05) is 55.3 Å². The highest BCUT2D eigenvalue weighted by Crippen LogP contribution is 2.34. The third-order valence-corrected chi connectivity index (χ3v) is 6.28. The van der Waals surface area contributed by atoms with Gasteiger partial charge in [-0.05, 0) is 38.1 Å². The van der Waals surface area contributed by atoms with Gasteiger partial charge < -0.3 is 14.5 Å². The molecule has 2 aromatic heterocycles. The molecule has 0 bridgehead atoms. The average molecular weight is 419 g/mol. The summed E-state index contributed by atoms with van der Waals surface area (Å²) in [6.07, 6.45) is 1.60. The zero-order chi connectivity index (χ0) is 21.5. The Balaban J connectivity index is 1.28. The maximum absolute atomic E-state index is 13.0. The number of nitrogens with zero attached hydrogens (tertiary/aromatic N) is 6. The van der Waals surface area contributed by atoms with E-state index < -0.39 is 0 Å². The van der Waals surface area contributed by atoms with Gasteiger partial charge in [0.05, 0.1) is 12.8 Å². The fraction of sp³-hybridized carbons (Fsp3) is 0.391. The van der Waals surface area contributed by atoms with Gasteiger partial charge in [-0.15, -0.1) is 0 Å². The number of benzene rings is 1. The number of hydrogen-bond donors (Lipinski definition) is 0. The van der Waals surface area contributed by atoms with Gasteiger partial charge in [-0.1, -0.05) is 6.07 Å². The Labute approximate surface area is 181 Å². The summed E-state index contributed by atoms with van der Waals surface area (Å²) in [5.41, 5.74) is 2.70. The number of anilines is 1. The van der Waals surface area contributed by atoms with Crippen LogP contribution in [0, 0.1) is 25.7 Å². The fourth-order valence-corrected chi connectivity index (χ4v) is 4.77. The lowest BCUT2D eigenvalue weighted by atomic mass is 10.0. The summed E-state index contributed by atoms with van der Waals surface area (Å²) in [5, 5.41) is 4.53. The highest BCUT2D eigenvalue weighted by atomic mass is 16.5. The van der Waals surface area contributed by atoms with Gasteiger partial charge in [0.25, 0.3) is 5.91 Å². The predicted molar refractivity (Wildman–Crippen MR) is 117 cm³/mol. The Morgan fingerprint density at radius 2 is 1.74 bits per heavy atom. The van der Waals surface area contributed by atoms with Gasteiger partial charge in [0.2, 0.25) is 0 Å². The van der Waals surface area contributed by atoms with Crippen molar-refractivity contribution in [2.75, 3.05) is 38.2 Å². The Morgan fingerprint density at radius 3 is 2.42 bits per heavy atom. The molecule has 31 heavy (non-hydrogen) atoms. The van der Waals surface area contributed by atoms with Crippen molar-refractivity contribution >= 4 is 11.7 Å². The van der Waals surface area contributed by atoms with Gasteiger partial charge in [-0.3, -0.25) is 4.79 Å². The standard InChI is InChI=1S/C23H26N6O2/c1-15-7-16(2)29(26-15)22-9-21(24-14-25-22)27-10-18-12-28(13-19(18)11-27)23(30)17-5-4-6-20(8-17)31-3/h4-9,14,18-19H,10-13H2,1-3H3. The summed E-state index contributed by atoms with van der Waals surface area (Å²) in [5.74, 6) is 3.37. The molecule has 0 N–H and O–H groups in total. The minimum Gasteiger partial charge on any atom is -0.497 e. The molecule has 0 aliphatic carbocycles. The van der Waals surface area contributed by atoms with E-state index in [0.29, 0.717) is 23.1 Å². The van der Waals surface area contributed by atoms with Crippen molar-refractivity contribution in [1.82, 2.24) is 24.6 Å². The topological polar surface area (TPSA) is 76.4 Å². The van der Waals surface area contributed by atoms with Crippen molar-refractivity contribution in [3.05, 3.63) is 59.7 Å². The van der Waals surface area contributed by atoms with Crippen molar-refractivity contribution in [3.8, 4) is 11.6 Å². The van der Waals surface area contributed by atoms with Crippen LogP contribution >= 0.6 is 0 Å². The summed E-state index contributed by atoms with van der Waals surface area (Å²) in [6.45, 7) is 7.32. The van der Waals surface area contributed by atoms with Crippen molar-refractivity contribution in [2.45, 2.75) is 13.8 Å². The summed E-state index contributed by atoms with van der Waals surface area (Å²) in [6, 6.07) is 11.4. The third-order valence-electron chi connectivity index (χ3n) is 6.28. The van der Waals surface area contributed by atoms with E-state index in [4.69, 9.17) is 4.74 Å². The Morgan fingerprint density at radius 1 is 1.00 bits per heavy atom. The van der Waals surface area contributed by atoms with Gasteiger partial charge in [0.1, 0.15) is 17.9 Å². The molecule has 160 valence electrons. The van der Waals surface area contributed by atoms with E-state index in [-0.39, 0.29) is 5.91 Å². The molecule has 2 aliphatic rings. The molecule has 8 heteroatoms. The molecule has 0 radical (unpaired) electrons. The Bertz CT molecular complexity index is 1110. The highest BCUT2D eigenvalue weighted by Gasteiger charge is 2.42. The molecule has 8 nitrogen and oxygen atoms in total. The molecule has 0 saturated carbocycles. The number of carbonyl (C=O) groups excluding carboxylic acids is 1. The van der Waals surface area contributed by atoms with Crippen LogP contribution in [0.2, 0.25) is 0 Å². The number of aromatic nitrogens is 4. The molecule has 0 spiro atoms. The van der Waals surface area contributed by atoms with Crippen LogP contribution < -0.4 is 9.64 Å². The number of amides is 1. The van der Waals surface area contributed by atoms with E-state index in [9.17, 15) is 4.79 Å². The number of methoxy groups -OCH3 is 1. The quantitative estimate of drug-likeness (QED) is 0.648. The molecule has 1 amide bonds. The first-order chi connectivity index (χ1) is 15.0. The van der Waals surface area contributed by atoms with E-state index in [1.54, 1.807) is 13.4 Å². The van der Waals surface area contributed by atoms with Gasteiger partial charge >= 0.3 is 0 Å². The van der Waals surface area contributed by atoms with Crippen LogP contribution in [0.4, 0.5) is 5.82 Å². The Hall–Kier alpha value is -3.42. The first-order valence-corrected chi connectivity index (χ1v) is 10.6. The lowest BCUT2D eigenvalue weighted by Gasteiger charge is -2.23. The minimum absolute atomic E-state index is 0.0775. The molecule has 2 unspecified atom stereocenters. The smallest absolute Gasteiger partial charge is 0.254 e. The van der Waals surface area contributed by atoms with E-state index in [2.05, 4.69) is 20.0 Å². The zero-order valence-corrected chi connectivity index (χ0v) is 18.0. The first-order valence-electron chi connectivity index (χ1n) is 10.6.